The lowest BCUT2D eigenvalue weighted by Crippen LogP contribution is -2.42. The molecular weight excluding hydrogens is 382 g/mol. The van der Waals surface area contributed by atoms with Crippen LogP contribution in [0.4, 0.5) is 0 Å². The van der Waals surface area contributed by atoms with E-state index in [2.05, 4.69) is 10.3 Å². The number of fused-ring (bicyclic) bond motifs is 2. The van der Waals surface area contributed by atoms with Crippen LogP contribution in [0, 0.1) is 0 Å². The average Bonchev–Trinajstić information content (AvgIpc) is 3.56. The summed E-state index contributed by atoms with van der Waals surface area (Å²) in [6, 6.07) is 11.0. The minimum atomic E-state index is -0.250. The van der Waals surface area contributed by atoms with Crippen molar-refractivity contribution < 1.29 is 19.1 Å². The SMILES string of the molecule is O=C(CN1CCCCCCOc2ccccc2Oc2ncccc2C1=O)NC1CC1. The van der Waals surface area contributed by atoms with Crippen LogP contribution in [0.25, 0.3) is 0 Å². The first-order valence-corrected chi connectivity index (χ1v) is 10.6. The number of para-hydroxylation sites is 2. The molecule has 1 N–H and O–H groups in total. The maximum absolute atomic E-state index is 13.4. The molecule has 1 aromatic heterocycles. The van der Waals surface area contributed by atoms with Crippen LogP contribution in [0.15, 0.2) is 42.6 Å². The van der Waals surface area contributed by atoms with Gasteiger partial charge >= 0.3 is 0 Å². The van der Waals surface area contributed by atoms with Crippen LogP contribution in [0.2, 0.25) is 0 Å². The van der Waals surface area contributed by atoms with Crippen LogP contribution in [0.5, 0.6) is 17.4 Å². The van der Waals surface area contributed by atoms with E-state index in [1.807, 2.05) is 18.2 Å². The maximum atomic E-state index is 13.4. The number of carbonyl (C=O) groups is 2. The number of nitrogens with one attached hydrogen (secondary N) is 1. The van der Waals surface area contributed by atoms with Crippen LogP contribution >= 0.6 is 0 Å². The van der Waals surface area contributed by atoms with Gasteiger partial charge < -0.3 is 19.7 Å². The topological polar surface area (TPSA) is 80.8 Å². The Bertz CT molecular complexity index is 898. The molecule has 2 aliphatic rings. The number of hydrogen-bond donors (Lipinski definition) is 1. The van der Waals surface area contributed by atoms with Gasteiger partial charge in [0.05, 0.1) is 13.2 Å². The van der Waals surface area contributed by atoms with Crippen molar-refractivity contribution in [1.29, 1.82) is 0 Å². The van der Waals surface area contributed by atoms with E-state index < -0.39 is 0 Å². The minimum absolute atomic E-state index is 0.0450. The molecule has 158 valence electrons. The van der Waals surface area contributed by atoms with Crippen molar-refractivity contribution in [3.63, 3.8) is 0 Å². The molecule has 1 aliphatic carbocycles. The molecule has 1 fully saturated rings. The molecule has 0 bridgehead atoms. The maximum Gasteiger partial charge on any atom is 0.259 e. The zero-order chi connectivity index (χ0) is 20.8. The first-order chi connectivity index (χ1) is 14.7. The van der Waals surface area contributed by atoms with E-state index in [0.29, 0.717) is 30.2 Å². The fourth-order valence-electron chi connectivity index (χ4n) is 3.43. The van der Waals surface area contributed by atoms with Gasteiger partial charge in [-0.25, -0.2) is 4.98 Å². The Balaban J connectivity index is 1.61. The quantitative estimate of drug-likeness (QED) is 0.839. The summed E-state index contributed by atoms with van der Waals surface area (Å²) < 4.78 is 11.9. The molecule has 2 amide bonds. The first-order valence-electron chi connectivity index (χ1n) is 10.6. The molecule has 1 saturated carbocycles. The molecule has 1 aromatic carbocycles. The van der Waals surface area contributed by atoms with Crippen molar-refractivity contribution in [2.75, 3.05) is 19.7 Å². The molecule has 7 nitrogen and oxygen atoms in total. The lowest BCUT2D eigenvalue weighted by molar-refractivity contribution is -0.121. The van der Waals surface area contributed by atoms with Gasteiger partial charge in [0.15, 0.2) is 11.5 Å². The lowest BCUT2D eigenvalue weighted by Gasteiger charge is -2.23. The molecule has 30 heavy (non-hydrogen) atoms. The Morgan fingerprint density at radius 2 is 1.87 bits per heavy atom. The standard InChI is InChI=1S/C23H27N3O4/c27-21(25-17-11-12-17)16-26-14-5-1-2-6-15-29-19-9-3-4-10-20(19)30-22-18(23(26)28)8-7-13-24-22/h3-4,7-10,13,17H,1-2,5-6,11-12,14-16H2,(H,25,27). The second-order valence-electron chi connectivity index (χ2n) is 7.74. The van der Waals surface area contributed by atoms with Crippen molar-refractivity contribution in [1.82, 2.24) is 15.2 Å². The largest absolute Gasteiger partial charge is 0.490 e. The molecule has 0 saturated heterocycles. The summed E-state index contributed by atoms with van der Waals surface area (Å²) in [5, 5.41) is 2.97. The summed E-state index contributed by atoms with van der Waals surface area (Å²) in [6.07, 6.45) is 7.33. The van der Waals surface area contributed by atoms with Crippen molar-refractivity contribution >= 4 is 11.8 Å². The number of amides is 2. The van der Waals surface area contributed by atoms with E-state index in [1.165, 1.54) is 0 Å². The third kappa shape index (κ3) is 5.28. The molecule has 0 spiro atoms. The summed E-state index contributed by atoms with van der Waals surface area (Å²) in [6.45, 7) is 1.16. The van der Waals surface area contributed by atoms with Gasteiger partial charge in [0, 0.05) is 18.8 Å². The highest BCUT2D eigenvalue weighted by Gasteiger charge is 2.27. The van der Waals surface area contributed by atoms with Crippen LogP contribution in [-0.2, 0) is 4.79 Å². The van der Waals surface area contributed by atoms with Gasteiger partial charge in [-0.3, -0.25) is 9.59 Å². The third-order valence-corrected chi connectivity index (χ3v) is 5.20. The van der Waals surface area contributed by atoms with Gasteiger partial charge in [0.25, 0.3) is 5.91 Å². The van der Waals surface area contributed by atoms with Crippen LogP contribution in [-0.4, -0.2) is 47.4 Å². The first kappa shape index (κ1) is 20.2. The van der Waals surface area contributed by atoms with Gasteiger partial charge in [-0.1, -0.05) is 25.0 Å². The Kier molecular flexibility index (Phi) is 6.47. The van der Waals surface area contributed by atoms with Gasteiger partial charge in [0.2, 0.25) is 11.8 Å². The molecular formula is C23H27N3O4. The fraction of sp³-hybridized carbons (Fsp3) is 0.435. The summed E-state index contributed by atoms with van der Waals surface area (Å²) in [7, 11) is 0. The summed E-state index contributed by atoms with van der Waals surface area (Å²) in [5.74, 6) is 0.986. The van der Waals surface area contributed by atoms with Crippen LogP contribution < -0.4 is 14.8 Å². The fourth-order valence-corrected chi connectivity index (χ4v) is 3.43. The van der Waals surface area contributed by atoms with E-state index in [-0.39, 0.29) is 30.3 Å². The molecule has 0 unspecified atom stereocenters. The Morgan fingerprint density at radius 3 is 2.70 bits per heavy atom. The van der Waals surface area contributed by atoms with Crippen molar-refractivity contribution in [3.8, 4) is 17.4 Å². The zero-order valence-corrected chi connectivity index (χ0v) is 17.0. The number of nitrogens with zero attached hydrogens (tertiary/aromatic N) is 2. The van der Waals surface area contributed by atoms with Crippen molar-refractivity contribution in [3.05, 3.63) is 48.2 Å². The average molecular weight is 409 g/mol. The van der Waals surface area contributed by atoms with E-state index in [4.69, 9.17) is 9.47 Å². The number of ether oxygens (including phenoxy) is 2. The molecule has 4 rings (SSSR count). The predicted molar refractivity (Wildman–Crippen MR) is 112 cm³/mol. The van der Waals surface area contributed by atoms with Gasteiger partial charge in [-0.05, 0) is 49.9 Å². The molecule has 0 atom stereocenters. The molecule has 2 heterocycles. The highest BCUT2D eigenvalue weighted by Crippen LogP contribution is 2.32. The second kappa shape index (κ2) is 9.61. The monoisotopic (exact) mass is 409 g/mol. The lowest BCUT2D eigenvalue weighted by atomic mass is 10.1. The van der Waals surface area contributed by atoms with E-state index in [9.17, 15) is 9.59 Å². The Morgan fingerprint density at radius 1 is 1.07 bits per heavy atom. The van der Waals surface area contributed by atoms with E-state index >= 15 is 0 Å². The van der Waals surface area contributed by atoms with Gasteiger partial charge in [-0.2, -0.15) is 0 Å². The van der Waals surface area contributed by atoms with Crippen molar-refractivity contribution in [2.24, 2.45) is 0 Å². The number of benzene rings is 1. The smallest absolute Gasteiger partial charge is 0.259 e. The number of pyridine rings is 1. The zero-order valence-electron chi connectivity index (χ0n) is 17.0. The summed E-state index contributed by atoms with van der Waals surface area (Å²) in [4.78, 5) is 31.6. The number of aromatic nitrogens is 1. The van der Waals surface area contributed by atoms with Crippen LogP contribution in [0.3, 0.4) is 0 Å². The molecule has 7 heteroatoms. The van der Waals surface area contributed by atoms with Crippen molar-refractivity contribution in [2.45, 2.75) is 44.6 Å². The summed E-state index contributed by atoms with van der Waals surface area (Å²) >= 11 is 0. The Labute approximate surface area is 176 Å². The molecule has 1 aliphatic heterocycles. The number of rotatable bonds is 3. The van der Waals surface area contributed by atoms with Gasteiger partial charge in [0.1, 0.15) is 5.56 Å². The van der Waals surface area contributed by atoms with Gasteiger partial charge in [-0.15, -0.1) is 0 Å². The van der Waals surface area contributed by atoms with Crippen LogP contribution in [0.1, 0.15) is 48.9 Å². The molecule has 2 aromatic rings. The second-order valence-corrected chi connectivity index (χ2v) is 7.74. The minimum Gasteiger partial charge on any atom is -0.490 e. The normalized spacial score (nSPS) is 17.6. The van der Waals surface area contributed by atoms with E-state index in [0.717, 1.165) is 38.5 Å². The van der Waals surface area contributed by atoms with E-state index in [1.54, 1.807) is 29.3 Å². The Hall–Kier alpha value is -3.09. The summed E-state index contributed by atoms with van der Waals surface area (Å²) in [5.41, 5.74) is 0.337. The third-order valence-electron chi connectivity index (χ3n) is 5.20. The number of hydrogen-bond acceptors (Lipinski definition) is 5. The highest BCUT2D eigenvalue weighted by molar-refractivity contribution is 5.98. The predicted octanol–water partition coefficient (Wildman–Crippen LogP) is 3.55. The number of carbonyl (C=O) groups excluding carboxylic acids is 2. The molecule has 0 radical (unpaired) electrons. The highest BCUT2D eigenvalue weighted by atomic mass is 16.5.